The van der Waals surface area contributed by atoms with Crippen molar-refractivity contribution in [1.29, 1.82) is 0 Å². The molecule has 2 aliphatic carbocycles. The summed E-state index contributed by atoms with van der Waals surface area (Å²) in [5.41, 5.74) is 0.359. The Balaban J connectivity index is 1.87. The molecule has 4 atom stereocenters. The summed E-state index contributed by atoms with van der Waals surface area (Å²) in [7, 11) is 0. The summed E-state index contributed by atoms with van der Waals surface area (Å²) in [6.07, 6.45) is 4.92. The highest BCUT2D eigenvalue weighted by Crippen LogP contribution is 2.61. The van der Waals surface area contributed by atoms with Crippen LogP contribution in [0.5, 0.6) is 0 Å². The van der Waals surface area contributed by atoms with Crippen molar-refractivity contribution in [3.8, 4) is 0 Å². The summed E-state index contributed by atoms with van der Waals surface area (Å²) in [6.45, 7) is 2.27. The Kier molecular flexibility index (Phi) is 0.563. The molecule has 1 aliphatic heterocycles. The molecule has 1 heterocycles. The first kappa shape index (κ1) is 4.73. The Hall–Kier alpha value is -0.0400. The van der Waals surface area contributed by atoms with Gasteiger partial charge in [0.25, 0.3) is 0 Å². The zero-order chi connectivity index (χ0) is 6.06. The van der Waals surface area contributed by atoms with Gasteiger partial charge in [-0.05, 0) is 38.0 Å². The second-order valence-electron chi connectivity index (χ2n) is 4.11. The molecule has 0 amide bonds. The van der Waals surface area contributed by atoms with Gasteiger partial charge in [0.05, 0.1) is 11.7 Å². The van der Waals surface area contributed by atoms with Crippen LogP contribution >= 0.6 is 0 Å². The zero-order valence-electron chi connectivity index (χ0n) is 5.76. The predicted octanol–water partition coefficient (Wildman–Crippen LogP) is 1.57. The second kappa shape index (κ2) is 1.07. The number of epoxide rings is 1. The lowest BCUT2D eigenvalue weighted by molar-refractivity contribution is 0.295. The van der Waals surface area contributed by atoms with E-state index in [0.717, 1.165) is 11.8 Å². The van der Waals surface area contributed by atoms with Gasteiger partial charge in [0, 0.05) is 0 Å². The van der Waals surface area contributed by atoms with Gasteiger partial charge in [-0.15, -0.1) is 0 Å². The van der Waals surface area contributed by atoms with Crippen LogP contribution in [-0.2, 0) is 4.74 Å². The molecule has 0 aromatic heterocycles. The molecule has 50 valence electrons. The molecule has 1 nitrogen and oxygen atoms in total. The summed E-state index contributed by atoms with van der Waals surface area (Å²) in [6, 6.07) is 0. The molecule has 1 saturated heterocycles. The third kappa shape index (κ3) is 0.493. The number of rotatable bonds is 0. The van der Waals surface area contributed by atoms with E-state index < -0.39 is 0 Å². The number of hydrogen-bond acceptors (Lipinski definition) is 1. The van der Waals surface area contributed by atoms with Crippen LogP contribution in [0.1, 0.15) is 26.2 Å². The molecule has 0 radical (unpaired) electrons. The first-order valence-electron chi connectivity index (χ1n) is 3.96. The van der Waals surface area contributed by atoms with Crippen LogP contribution in [0.25, 0.3) is 0 Å². The van der Waals surface area contributed by atoms with Gasteiger partial charge >= 0.3 is 0 Å². The van der Waals surface area contributed by atoms with E-state index in [0.29, 0.717) is 11.7 Å². The van der Waals surface area contributed by atoms with E-state index in [1.807, 2.05) is 0 Å². The van der Waals surface area contributed by atoms with Crippen molar-refractivity contribution in [2.75, 3.05) is 0 Å². The van der Waals surface area contributed by atoms with E-state index >= 15 is 0 Å². The normalized spacial score (nSPS) is 68.3. The van der Waals surface area contributed by atoms with Gasteiger partial charge in [0.15, 0.2) is 0 Å². The number of fused-ring (bicyclic) bond motifs is 2. The largest absolute Gasteiger partial charge is 0.366 e. The predicted molar refractivity (Wildman–Crippen MR) is 34.1 cm³/mol. The highest BCUT2D eigenvalue weighted by molar-refractivity contribution is 5.11. The molecule has 3 aliphatic rings. The molecule has 2 saturated carbocycles. The SMILES string of the molecule is C[C@@]12C[C@@H]3C[C@@H]3C[C@@H]1O2. The molecule has 0 aromatic carbocycles. The first-order chi connectivity index (χ1) is 4.28. The van der Waals surface area contributed by atoms with Gasteiger partial charge in [0.2, 0.25) is 0 Å². The third-order valence-electron chi connectivity index (χ3n) is 3.29. The van der Waals surface area contributed by atoms with Crippen LogP contribution in [0.3, 0.4) is 0 Å². The minimum absolute atomic E-state index is 0.359. The van der Waals surface area contributed by atoms with E-state index in [9.17, 15) is 0 Å². The number of hydrogen-bond donors (Lipinski definition) is 0. The fourth-order valence-electron chi connectivity index (χ4n) is 2.41. The van der Waals surface area contributed by atoms with E-state index in [-0.39, 0.29) is 0 Å². The molecule has 0 N–H and O–H groups in total. The van der Waals surface area contributed by atoms with Crippen LogP contribution in [0, 0.1) is 11.8 Å². The fraction of sp³-hybridized carbons (Fsp3) is 1.00. The van der Waals surface area contributed by atoms with Crippen molar-refractivity contribution < 1.29 is 4.74 Å². The van der Waals surface area contributed by atoms with E-state index in [4.69, 9.17) is 4.74 Å². The average molecular weight is 124 g/mol. The average Bonchev–Trinajstić information content (AvgIpc) is 2.52. The van der Waals surface area contributed by atoms with Crippen molar-refractivity contribution in [2.24, 2.45) is 11.8 Å². The Morgan fingerprint density at radius 3 is 3.00 bits per heavy atom. The Labute approximate surface area is 55.4 Å². The lowest BCUT2D eigenvalue weighted by Gasteiger charge is -2.09. The van der Waals surface area contributed by atoms with Crippen LogP contribution in [0.4, 0.5) is 0 Å². The van der Waals surface area contributed by atoms with Gasteiger partial charge < -0.3 is 4.74 Å². The highest BCUT2D eigenvalue weighted by atomic mass is 16.6. The van der Waals surface area contributed by atoms with Gasteiger partial charge in [-0.2, -0.15) is 0 Å². The molecular weight excluding hydrogens is 112 g/mol. The summed E-state index contributed by atoms with van der Waals surface area (Å²) in [5.74, 6) is 2.14. The van der Waals surface area contributed by atoms with Gasteiger partial charge in [-0.25, -0.2) is 0 Å². The smallest absolute Gasteiger partial charge is 0.0923 e. The zero-order valence-corrected chi connectivity index (χ0v) is 5.76. The Morgan fingerprint density at radius 2 is 2.22 bits per heavy atom. The van der Waals surface area contributed by atoms with E-state index in [2.05, 4.69) is 6.92 Å². The standard InChI is InChI=1S/C8H12O/c1-8-4-6-2-5(6)3-7(8)9-8/h5-7H,2-4H2,1H3/t5-,6+,7+,8-/m1/s1. The summed E-state index contributed by atoms with van der Waals surface area (Å²) in [4.78, 5) is 0. The van der Waals surface area contributed by atoms with Gasteiger partial charge in [-0.3, -0.25) is 0 Å². The maximum atomic E-state index is 5.57. The van der Waals surface area contributed by atoms with Gasteiger partial charge in [0.1, 0.15) is 0 Å². The highest BCUT2D eigenvalue weighted by Gasteiger charge is 2.62. The Morgan fingerprint density at radius 1 is 1.33 bits per heavy atom. The van der Waals surface area contributed by atoms with Crippen molar-refractivity contribution in [1.82, 2.24) is 0 Å². The lowest BCUT2D eigenvalue weighted by atomic mass is 9.91. The Bertz CT molecular complexity index is 166. The molecule has 0 bridgehead atoms. The maximum Gasteiger partial charge on any atom is 0.0923 e. The quantitative estimate of drug-likeness (QED) is 0.446. The number of ether oxygens (including phenoxy) is 1. The van der Waals surface area contributed by atoms with Gasteiger partial charge in [-0.1, -0.05) is 0 Å². The van der Waals surface area contributed by atoms with Crippen molar-refractivity contribution in [3.05, 3.63) is 0 Å². The summed E-state index contributed by atoms with van der Waals surface area (Å²) in [5, 5.41) is 0. The first-order valence-corrected chi connectivity index (χ1v) is 3.96. The maximum absolute atomic E-state index is 5.57. The molecule has 0 unspecified atom stereocenters. The molecule has 3 rings (SSSR count). The minimum atomic E-state index is 0.359. The lowest BCUT2D eigenvalue weighted by Crippen LogP contribution is -2.16. The molecule has 9 heavy (non-hydrogen) atoms. The molecule has 0 aromatic rings. The minimum Gasteiger partial charge on any atom is -0.366 e. The molecule has 0 spiro atoms. The topological polar surface area (TPSA) is 12.5 Å². The molecule has 1 heteroatoms. The molecule has 3 fully saturated rings. The monoisotopic (exact) mass is 124 g/mol. The third-order valence-corrected chi connectivity index (χ3v) is 3.29. The van der Waals surface area contributed by atoms with Crippen molar-refractivity contribution in [3.63, 3.8) is 0 Å². The van der Waals surface area contributed by atoms with Crippen LogP contribution in [0.2, 0.25) is 0 Å². The van der Waals surface area contributed by atoms with Crippen LogP contribution < -0.4 is 0 Å². The summed E-state index contributed by atoms with van der Waals surface area (Å²) < 4.78 is 5.57. The second-order valence-corrected chi connectivity index (χ2v) is 4.11. The summed E-state index contributed by atoms with van der Waals surface area (Å²) >= 11 is 0. The molecular formula is C8H12O. The van der Waals surface area contributed by atoms with Crippen molar-refractivity contribution in [2.45, 2.75) is 37.9 Å². The van der Waals surface area contributed by atoms with Crippen LogP contribution in [0.15, 0.2) is 0 Å². The van der Waals surface area contributed by atoms with Crippen LogP contribution in [-0.4, -0.2) is 11.7 Å². The van der Waals surface area contributed by atoms with E-state index in [1.54, 1.807) is 0 Å². The fourth-order valence-corrected chi connectivity index (χ4v) is 2.41. The van der Waals surface area contributed by atoms with E-state index in [1.165, 1.54) is 19.3 Å². The van der Waals surface area contributed by atoms with Crippen molar-refractivity contribution >= 4 is 0 Å².